The lowest BCUT2D eigenvalue weighted by atomic mass is 10.1. The van der Waals surface area contributed by atoms with E-state index in [1.807, 2.05) is 42.5 Å². The molecule has 0 atom stereocenters. The molecule has 0 unspecified atom stereocenters. The Bertz CT molecular complexity index is 769. The highest BCUT2D eigenvalue weighted by Crippen LogP contribution is 2.24. The van der Waals surface area contributed by atoms with Gasteiger partial charge in [0.25, 0.3) is 0 Å². The molecule has 1 N–H and O–H groups in total. The highest BCUT2D eigenvalue weighted by Gasteiger charge is 2.05. The van der Waals surface area contributed by atoms with Crippen LogP contribution < -0.4 is 14.8 Å². The summed E-state index contributed by atoms with van der Waals surface area (Å²) in [6.45, 7) is 0. The van der Waals surface area contributed by atoms with E-state index in [1.54, 1.807) is 25.6 Å². The third-order valence-electron chi connectivity index (χ3n) is 3.41. The van der Waals surface area contributed by atoms with Crippen LogP contribution in [0.2, 0.25) is 0 Å². The van der Waals surface area contributed by atoms with Crippen LogP contribution in [0.4, 0.5) is 10.8 Å². The maximum Gasteiger partial charge on any atom is 0.187 e. The Kier molecular flexibility index (Phi) is 4.78. The van der Waals surface area contributed by atoms with Crippen molar-refractivity contribution in [2.75, 3.05) is 19.5 Å². The minimum atomic E-state index is 0.790. The molecule has 1 heterocycles. The number of ether oxygens (including phenoxy) is 2. The van der Waals surface area contributed by atoms with Gasteiger partial charge in [0, 0.05) is 17.5 Å². The molecule has 0 fully saturated rings. The van der Waals surface area contributed by atoms with E-state index in [9.17, 15) is 0 Å². The zero-order chi connectivity index (χ0) is 16.1. The molecule has 3 aromatic rings. The van der Waals surface area contributed by atoms with E-state index in [0.717, 1.165) is 34.4 Å². The van der Waals surface area contributed by atoms with Gasteiger partial charge in [-0.15, -0.1) is 11.3 Å². The molecule has 23 heavy (non-hydrogen) atoms. The van der Waals surface area contributed by atoms with Crippen LogP contribution in [0.3, 0.4) is 0 Å². The molecule has 4 nitrogen and oxygen atoms in total. The number of rotatable bonds is 6. The summed E-state index contributed by atoms with van der Waals surface area (Å²) in [6, 6.07) is 15.9. The largest absolute Gasteiger partial charge is 0.497 e. The summed E-state index contributed by atoms with van der Waals surface area (Å²) in [5, 5.41) is 6.27. The van der Waals surface area contributed by atoms with Gasteiger partial charge >= 0.3 is 0 Å². The number of benzene rings is 2. The molecule has 0 amide bonds. The van der Waals surface area contributed by atoms with E-state index in [-0.39, 0.29) is 0 Å². The second-order valence-corrected chi connectivity index (χ2v) is 5.88. The van der Waals surface area contributed by atoms with Gasteiger partial charge in [0.15, 0.2) is 5.13 Å². The molecule has 0 aliphatic rings. The summed E-state index contributed by atoms with van der Waals surface area (Å²) in [5.41, 5.74) is 3.22. The smallest absolute Gasteiger partial charge is 0.187 e. The Hall–Kier alpha value is -2.53. The van der Waals surface area contributed by atoms with E-state index in [1.165, 1.54) is 5.56 Å². The van der Waals surface area contributed by atoms with Crippen LogP contribution in [0.1, 0.15) is 11.3 Å². The highest BCUT2D eigenvalue weighted by molar-refractivity contribution is 7.13. The topological polar surface area (TPSA) is 43.4 Å². The lowest BCUT2D eigenvalue weighted by Gasteiger charge is -2.04. The Labute approximate surface area is 139 Å². The summed E-state index contributed by atoms with van der Waals surface area (Å²) in [6.07, 6.45) is 0.790. The van der Waals surface area contributed by atoms with Crippen molar-refractivity contribution in [3.63, 3.8) is 0 Å². The zero-order valence-corrected chi connectivity index (χ0v) is 13.9. The molecule has 5 heteroatoms. The predicted octanol–water partition coefficient (Wildman–Crippen LogP) is 4.49. The maximum absolute atomic E-state index is 5.26. The minimum Gasteiger partial charge on any atom is -0.497 e. The molecule has 0 radical (unpaired) electrons. The normalized spacial score (nSPS) is 10.3. The number of hydrogen-bond acceptors (Lipinski definition) is 5. The van der Waals surface area contributed by atoms with E-state index < -0.39 is 0 Å². The fourth-order valence-electron chi connectivity index (χ4n) is 2.23. The van der Waals surface area contributed by atoms with Crippen LogP contribution in [0.5, 0.6) is 11.5 Å². The van der Waals surface area contributed by atoms with Crippen LogP contribution in [-0.2, 0) is 6.42 Å². The lowest BCUT2D eigenvalue weighted by molar-refractivity contribution is 0.414. The number of methoxy groups -OCH3 is 2. The molecule has 2 aromatic carbocycles. The van der Waals surface area contributed by atoms with E-state index >= 15 is 0 Å². The fourth-order valence-corrected chi connectivity index (χ4v) is 2.97. The molecule has 1 aromatic heterocycles. The van der Waals surface area contributed by atoms with Gasteiger partial charge in [-0.2, -0.15) is 0 Å². The molecule has 3 rings (SSSR count). The summed E-state index contributed by atoms with van der Waals surface area (Å²) >= 11 is 1.60. The summed E-state index contributed by atoms with van der Waals surface area (Å²) in [5.74, 6) is 1.71. The first-order valence-electron chi connectivity index (χ1n) is 7.25. The summed E-state index contributed by atoms with van der Waals surface area (Å²) in [4.78, 5) is 4.63. The average Bonchev–Trinajstić information content (AvgIpc) is 3.02. The second kappa shape index (κ2) is 7.15. The predicted molar refractivity (Wildman–Crippen MR) is 94.2 cm³/mol. The monoisotopic (exact) mass is 326 g/mol. The Morgan fingerprint density at radius 2 is 1.78 bits per heavy atom. The number of nitrogens with one attached hydrogen (secondary N) is 1. The summed E-state index contributed by atoms with van der Waals surface area (Å²) < 4.78 is 10.4. The number of aromatic nitrogens is 1. The fraction of sp³-hybridized carbons (Fsp3) is 0.167. The van der Waals surface area contributed by atoms with Crippen LogP contribution in [0.15, 0.2) is 53.9 Å². The molecule has 0 aliphatic carbocycles. The van der Waals surface area contributed by atoms with Crippen molar-refractivity contribution in [1.29, 1.82) is 0 Å². The standard InChI is InChI=1S/C18H18N2O2S/c1-21-16-8-6-14(7-9-16)19-18-20-15(12-23-18)10-13-4-3-5-17(11-13)22-2/h3-9,11-12H,10H2,1-2H3,(H,19,20). The molecular formula is C18H18N2O2S. The van der Waals surface area contributed by atoms with Crippen LogP contribution in [-0.4, -0.2) is 19.2 Å². The lowest BCUT2D eigenvalue weighted by Crippen LogP contribution is -1.93. The molecule has 0 aliphatic heterocycles. The van der Waals surface area contributed by atoms with E-state index in [0.29, 0.717) is 0 Å². The van der Waals surface area contributed by atoms with E-state index in [2.05, 4.69) is 21.7 Å². The van der Waals surface area contributed by atoms with Gasteiger partial charge in [0.1, 0.15) is 11.5 Å². The van der Waals surface area contributed by atoms with Gasteiger partial charge in [0.05, 0.1) is 19.9 Å². The highest BCUT2D eigenvalue weighted by atomic mass is 32.1. The van der Waals surface area contributed by atoms with Gasteiger partial charge < -0.3 is 14.8 Å². The molecule has 118 valence electrons. The quantitative estimate of drug-likeness (QED) is 0.724. The molecule has 0 saturated carbocycles. The Balaban J connectivity index is 1.67. The molecule has 0 spiro atoms. The van der Waals surface area contributed by atoms with Crippen molar-refractivity contribution in [2.24, 2.45) is 0 Å². The zero-order valence-electron chi connectivity index (χ0n) is 13.1. The van der Waals surface area contributed by atoms with Gasteiger partial charge in [-0.3, -0.25) is 0 Å². The van der Waals surface area contributed by atoms with Crippen molar-refractivity contribution < 1.29 is 9.47 Å². The van der Waals surface area contributed by atoms with Crippen LogP contribution in [0.25, 0.3) is 0 Å². The first-order valence-corrected chi connectivity index (χ1v) is 8.13. The molecule has 0 bridgehead atoms. The number of anilines is 2. The van der Waals surface area contributed by atoms with Crippen molar-refractivity contribution in [1.82, 2.24) is 4.98 Å². The summed E-state index contributed by atoms with van der Waals surface area (Å²) in [7, 11) is 3.34. The molecular weight excluding hydrogens is 308 g/mol. The number of hydrogen-bond donors (Lipinski definition) is 1. The maximum atomic E-state index is 5.26. The second-order valence-electron chi connectivity index (χ2n) is 5.03. The Morgan fingerprint density at radius 1 is 1.00 bits per heavy atom. The van der Waals surface area contributed by atoms with E-state index in [4.69, 9.17) is 9.47 Å². The van der Waals surface area contributed by atoms with Crippen LogP contribution >= 0.6 is 11.3 Å². The first kappa shape index (κ1) is 15.4. The third kappa shape index (κ3) is 4.02. The van der Waals surface area contributed by atoms with Crippen molar-refractivity contribution >= 4 is 22.2 Å². The van der Waals surface area contributed by atoms with Gasteiger partial charge in [0.2, 0.25) is 0 Å². The van der Waals surface area contributed by atoms with Crippen molar-refractivity contribution in [2.45, 2.75) is 6.42 Å². The molecule has 0 saturated heterocycles. The Morgan fingerprint density at radius 3 is 2.52 bits per heavy atom. The minimum absolute atomic E-state index is 0.790. The van der Waals surface area contributed by atoms with Crippen molar-refractivity contribution in [3.8, 4) is 11.5 Å². The number of nitrogens with zero attached hydrogens (tertiary/aromatic N) is 1. The van der Waals surface area contributed by atoms with Gasteiger partial charge in [-0.1, -0.05) is 12.1 Å². The third-order valence-corrected chi connectivity index (χ3v) is 4.22. The van der Waals surface area contributed by atoms with Gasteiger partial charge in [-0.05, 0) is 42.0 Å². The number of thiazole rings is 1. The first-order chi connectivity index (χ1) is 11.3. The van der Waals surface area contributed by atoms with Crippen LogP contribution in [0, 0.1) is 0 Å². The van der Waals surface area contributed by atoms with Gasteiger partial charge in [-0.25, -0.2) is 4.98 Å². The van der Waals surface area contributed by atoms with Crippen molar-refractivity contribution in [3.05, 3.63) is 65.2 Å². The average molecular weight is 326 g/mol. The SMILES string of the molecule is COc1ccc(Nc2nc(Cc3cccc(OC)c3)cs2)cc1.